The number of esters is 1. The molecular weight excluding hydrogens is 408 g/mol. The molecule has 0 saturated carbocycles. The lowest BCUT2D eigenvalue weighted by molar-refractivity contribution is -0.148. The summed E-state index contributed by atoms with van der Waals surface area (Å²) < 4.78 is 6.09. The molecule has 2 aliphatic heterocycles. The second-order valence-corrected chi connectivity index (χ2v) is 9.92. The third-order valence-electron chi connectivity index (χ3n) is 7.05. The van der Waals surface area contributed by atoms with Crippen LogP contribution >= 0.6 is 11.3 Å². The van der Waals surface area contributed by atoms with Gasteiger partial charge in [-0.15, -0.1) is 11.3 Å². The second kappa shape index (κ2) is 10.1. The first kappa shape index (κ1) is 22.3. The SMILES string of the molecule is CCCC(C(=O)Nc1ccc2scc(C3CCC4CCCCN4CC3)c2c1)C(=O)OC. The Morgan fingerprint density at radius 3 is 2.87 bits per heavy atom. The van der Waals surface area contributed by atoms with Gasteiger partial charge in [-0.3, -0.25) is 9.59 Å². The zero-order chi connectivity index (χ0) is 21.8. The quantitative estimate of drug-likeness (QED) is 0.471. The van der Waals surface area contributed by atoms with Crippen LogP contribution in [-0.4, -0.2) is 43.0 Å². The molecular formula is C25H34N2O3S. The number of anilines is 1. The minimum Gasteiger partial charge on any atom is -0.468 e. The van der Waals surface area contributed by atoms with Crippen molar-refractivity contribution in [1.29, 1.82) is 0 Å². The molecule has 3 heterocycles. The normalized spacial score (nSPS) is 23.0. The molecule has 3 unspecified atom stereocenters. The van der Waals surface area contributed by atoms with Gasteiger partial charge in [-0.2, -0.15) is 0 Å². The molecule has 2 aromatic rings. The highest BCUT2D eigenvalue weighted by Gasteiger charge is 2.29. The molecule has 4 rings (SSSR count). The maximum atomic E-state index is 12.7. The summed E-state index contributed by atoms with van der Waals surface area (Å²) in [6.45, 7) is 4.42. The smallest absolute Gasteiger partial charge is 0.318 e. The lowest BCUT2D eigenvalue weighted by Crippen LogP contribution is -2.38. The number of carbonyl (C=O) groups is 2. The highest BCUT2D eigenvalue weighted by atomic mass is 32.1. The number of fused-ring (bicyclic) bond motifs is 2. The van der Waals surface area contributed by atoms with E-state index < -0.39 is 11.9 Å². The molecule has 0 bridgehead atoms. The van der Waals surface area contributed by atoms with Gasteiger partial charge in [-0.05, 0) is 92.1 Å². The maximum absolute atomic E-state index is 12.7. The van der Waals surface area contributed by atoms with E-state index in [0.717, 1.165) is 18.2 Å². The lowest BCUT2D eigenvalue weighted by Gasteiger charge is -2.33. The summed E-state index contributed by atoms with van der Waals surface area (Å²) in [6, 6.07) is 6.89. The highest BCUT2D eigenvalue weighted by molar-refractivity contribution is 7.17. The molecule has 3 atom stereocenters. The van der Waals surface area contributed by atoms with E-state index in [2.05, 4.69) is 27.7 Å². The largest absolute Gasteiger partial charge is 0.468 e. The van der Waals surface area contributed by atoms with Gasteiger partial charge in [0.2, 0.25) is 5.91 Å². The Balaban J connectivity index is 1.52. The number of hydrogen-bond donors (Lipinski definition) is 1. The van der Waals surface area contributed by atoms with Crippen LogP contribution in [0.3, 0.4) is 0 Å². The molecule has 1 aromatic heterocycles. The minimum atomic E-state index is -0.758. The number of hydrogen-bond acceptors (Lipinski definition) is 5. The number of thiophene rings is 1. The second-order valence-electron chi connectivity index (χ2n) is 9.00. The minimum absolute atomic E-state index is 0.281. The van der Waals surface area contributed by atoms with Crippen molar-refractivity contribution >= 4 is 39.0 Å². The summed E-state index contributed by atoms with van der Waals surface area (Å²) in [4.78, 5) is 27.5. The summed E-state index contributed by atoms with van der Waals surface area (Å²) in [7, 11) is 1.33. The first-order chi connectivity index (χ1) is 15.1. The molecule has 1 amide bonds. The lowest BCUT2D eigenvalue weighted by atomic mass is 9.90. The van der Waals surface area contributed by atoms with E-state index in [-0.39, 0.29) is 5.91 Å². The number of rotatable bonds is 6. The zero-order valence-electron chi connectivity index (χ0n) is 18.7. The van der Waals surface area contributed by atoms with Crippen LogP contribution in [0.4, 0.5) is 5.69 Å². The molecule has 2 aliphatic rings. The van der Waals surface area contributed by atoms with Crippen molar-refractivity contribution in [3.8, 4) is 0 Å². The molecule has 2 fully saturated rings. The van der Waals surface area contributed by atoms with Crippen molar-refractivity contribution in [2.75, 3.05) is 25.5 Å². The van der Waals surface area contributed by atoms with Crippen molar-refractivity contribution < 1.29 is 14.3 Å². The van der Waals surface area contributed by atoms with Crippen molar-refractivity contribution in [2.45, 2.75) is 70.3 Å². The molecule has 1 N–H and O–H groups in total. The Labute approximate surface area is 189 Å². The van der Waals surface area contributed by atoms with Crippen LogP contribution in [0.1, 0.15) is 69.8 Å². The van der Waals surface area contributed by atoms with Crippen LogP contribution < -0.4 is 5.32 Å². The fourth-order valence-electron chi connectivity index (χ4n) is 5.31. The van der Waals surface area contributed by atoms with Gasteiger partial charge in [0.1, 0.15) is 5.92 Å². The molecule has 31 heavy (non-hydrogen) atoms. The number of benzene rings is 1. The van der Waals surface area contributed by atoms with Gasteiger partial charge in [0.25, 0.3) is 0 Å². The Kier molecular flexibility index (Phi) is 7.28. The van der Waals surface area contributed by atoms with Gasteiger partial charge in [-0.25, -0.2) is 0 Å². The summed E-state index contributed by atoms with van der Waals surface area (Å²) in [5.41, 5.74) is 2.18. The van der Waals surface area contributed by atoms with E-state index >= 15 is 0 Å². The predicted molar refractivity (Wildman–Crippen MR) is 127 cm³/mol. The number of carbonyl (C=O) groups excluding carboxylic acids is 2. The summed E-state index contributed by atoms with van der Waals surface area (Å²) in [5.74, 6) is -0.928. The van der Waals surface area contributed by atoms with E-state index in [1.807, 2.05) is 13.0 Å². The van der Waals surface area contributed by atoms with Crippen LogP contribution in [0.2, 0.25) is 0 Å². The average molecular weight is 443 g/mol. The third kappa shape index (κ3) is 4.96. The first-order valence-corrected chi connectivity index (χ1v) is 12.6. The number of ether oxygens (including phenoxy) is 1. The topological polar surface area (TPSA) is 58.6 Å². The number of methoxy groups -OCH3 is 1. The Bertz CT molecular complexity index is 909. The van der Waals surface area contributed by atoms with E-state index in [9.17, 15) is 9.59 Å². The van der Waals surface area contributed by atoms with Crippen molar-refractivity contribution in [3.63, 3.8) is 0 Å². The van der Waals surface area contributed by atoms with E-state index in [0.29, 0.717) is 12.3 Å². The number of piperidine rings is 1. The molecule has 0 aliphatic carbocycles. The van der Waals surface area contributed by atoms with Crippen LogP contribution in [-0.2, 0) is 14.3 Å². The van der Waals surface area contributed by atoms with Crippen LogP contribution in [0, 0.1) is 5.92 Å². The Morgan fingerprint density at radius 2 is 2.06 bits per heavy atom. The van der Waals surface area contributed by atoms with Gasteiger partial charge >= 0.3 is 5.97 Å². The van der Waals surface area contributed by atoms with Gasteiger partial charge < -0.3 is 15.0 Å². The molecule has 168 valence electrons. The first-order valence-electron chi connectivity index (χ1n) is 11.7. The monoisotopic (exact) mass is 442 g/mol. The van der Waals surface area contributed by atoms with E-state index in [4.69, 9.17) is 4.74 Å². The Morgan fingerprint density at radius 1 is 1.19 bits per heavy atom. The number of amides is 1. The summed E-state index contributed by atoms with van der Waals surface area (Å²) >= 11 is 1.79. The molecule has 5 nitrogen and oxygen atoms in total. The van der Waals surface area contributed by atoms with Gasteiger partial charge in [0.15, 0.2) is 0 Å². The number of nitrogens with zero attached hydrogens (tertiary/aromatic N) is 1. The molecule has 6 heteroatoms. The third-order valence-corrected chi connectivity index (χ3v) is 8.03. The summed E-state index contributed by atoms with van der Waals surface area (Å²) in [6.07, 6.45) is 9.05. The highest BCUT2D eigenvalue weighted by Crippen LogP contribution is 2.40. The molecule has 1 aromatic carbocycles. The molecule has 0 radical (unpaired) electrons. The summed E-state index contributed by atoms with van der Waals surface area (Å²) in [5, 5.41) is 6.53. The Hall–Kier alpha value is -1.92. The van der Waals surface area contributed by atoms with E-state index in [1.54, 1.807) is 11.3 Å². The van der Waals surface area contributed by atoms with Crippen LogP contribution in [0.15, 0.2) is 23.6 Å². The fraction of sp³-hybridized carbons (Fsp3) is 0.600. The van der Waals surface area contributed by atoms with Crippen molar-refractivity contribution in [3.05, 3.63) is 29.1 Å². The fourth-order valence-corrected chi connectivity index (χ4v) is 6.33. The van der Waals surface area contributed by atoms with E-state index in [1.165, 1.54) is 74.4 Å². The predicted octanol–water partition coefficient (Wildman–Crippen LogP) is 5.55. The van der Waals surface area contributed by atoms with Crippen molar-refractivity contribution in [1.82, 2.24) is 4.90 Å². The molecule has 2 saturated heterocycles. The standard InChI is InChI=1S/C25H34N2O3S/c1-3-6-20(25(29)30-2)24(28)26-18-9-11-23-21(15-18)22(16-31-23)17-8-10-19-7-4-5-13-27(19)14-12-17/h9,11,15-17,19-20H,3-8,10,12-14H2,1-2H3,(H,26,28). The van der Waals surface area contributed by atoms with Gasteiger partial charge in [-0.1, -0.05) is 19.8 Å². The van der Waals surface area contributed by atoms with Crippen molar-refractivity contribution in [2.24, 2.45) is 5.92 Å². The van der Waals surface area contributed by atoms with Gasteiger partial charge in [0.05, 0.1) is 7.11 Å². The van der Waals surface area contributed by atoms with Crippen LogP contribution in [0.25, 0.3) is 10.1 Å². The molecule has 0 spiro atoms. The van der Waals surface area contributed by atoms with Crippen LogP contribution in [0.5, 0.6) is 0 Å². The van der Waals surface area contributed by atoms with Gasteiger partial charge in [0, 0.05) is 16.4 Å². The average Bonchev–Trinajstić information content (AvgIpc) is 3.08. The maximum Gasteiger partial charge on any atom is 0.318 e. The number of nitrogens with one attached hydrogen (secondary N) is 1. The zero-order valence-corrected chi connectivity index (χ0v) is 19.5.